The molecule has 0 aromatic heterocycles. The Bertz CT molecular complexity index is 495. The molecule has 0 saturated carbocycles. The highest BCUT2D eigenvalue weighted by atomic mass is 16.5. The van der Waals surface area contributed by atoms with Gasteiger partial charge in [0.2, 0.25) is 0 Å². The molecule has 2 aromatic carbocycles. The van der Waals surface area contributed by atoms with Gasteiger partial charge in [0, 0.05) is 12.6 Å². The molecule has 0 heterocycles. The predicted octanol–water partition coefficient (Wildman–Crippen LogP) is 3.61. The van der Waals surface area contributed by atoms with Gasteiger partial charge in [0.25, 0.3) is 0 Å². The maximum absolute atomic E-state index is 5.75. The lowest BCUT2D eigenvalue weighted by Crippen LogP contribution is -2.29. The number of hydrogen-bond donors (Lipinski definition) is 1. The van der Waals surface area contributed by atoms with Crippen LogP contribution < -0.4 is 10.1 Å². The fourth-order valence-corrected chi connectivity index (χ4v) is 1.88. The van der Waals surface area contributed by atoms with Crippen LogP contribution in [0, 0.1) is 0 Å². The summed E-state index contributed by atoms with van der Waals surface area (Å²) in [5, 5.41) is 5.89. The molecule has 96 valence electrons. The smallest absolute Gasteiger partial charge is 0.120 e. The highest BCUT2D eigenvalue weighted by Crippen LogP contribution is 2.20. The summed E-state index contributed by atoms with van der Waals surface area (Å²) in [6.07, 6.45) is 1.15. The Hall–Kier alpha value is -1.54. The molecule has 2 nitrogen and oxygen atoms in total. The molecule has 1 N–H and O–H groups in total. The van der Waals surface area contributed by atoms with Crippen molar-refractivity contribution in [1.82, 2.24) is 5.32 Å². The maximum atomic E-state index is 5.75. The van der Waals surface area contributed by atoms with Gasteiger partial charge in [-0.15, -0.1) is 0 Å². The molecule has 2 heteroatoms. The molecule has 2 aromatic rings. The second-order valence-electron chi connectivity index (χ2n) is 4.62. The first kappa shape index (κ1) is 12.9. The summed E-state index contributed by atoms with van der Waals surface area (Å²) in [5.74, 6) is 0.944. The van der Waals surface area contributed by atoms with Gasteiger partial charge in [0.15, 0.2) is 0 Å². The zero-order valence-electron chi connectivity index (χ0n) is 11.1. The topological polar surface area (TPSA) is 21.3 Å². The van der Waals surface area contributed by atoms with E-state index in [1.165, 1.54) is 10.8 Å². The second-order valence-corrected chi connectivity index (χ2v) is 4.62. The largest absolute Gasteiger partial charge is 0.492 e. The number of fused-ring (bicyclic) bond motifs is 1. The van der Waals surface area contributed by atoms with E-state index in [4.69, 9.17) is 4.74 Å². The number of hydrogen-bond acceptors (Lipinski definition) is 2. The number of rotatable bonds is 6. The van der Waals surface area contributed by atoms with Gasteiger partial charge in [-0.1, -0.05) is 37.3 Å². The lowest BCUT2D eigenvalue weighted by Gasteiger charge is -2.12. The zero-order chi connectivity index (χ0) is 12.8. The van der Waals surface area contributed by atoms with Crippen molar-refractivity contribution in [1.29, 1.82) is 0 Å². The van der Waals surface area contributed by atoms with Gasteiger partial charge < -0.3 is 10.1 Å². The van der Waals surface area contributed by atoms with E-state index in [1.807, 2.05) is 6.07 Å². The van der Waals surface area contributed by atoms with Crippen LogP contribution in [0.4, 0.5) is 0 Å². The number of ether oxygens (including phenoxy) is 1. The Morgan fingerprint density at radius 2 is 1.89 bits per heavy atom. The van der Waals surface area contributed by atoms with Crippen molar-refractivity contribution < 1.29 is 4.74 Å². The van der Waals surface area contributed by atoms with Gasteiger partial charge in [-0.05, 0) is 36.2 Å². The van der Waals surface area contributed by atoms with Crippen molar-refractivity contribution in [3.8, 4) is 5.75 Å². The molecule has 0 saturated heterocycles. The second kappa shape index (κ2) is 6.41. The molecule has 0 bridgehead atoms. The molecule has 0 aliphatic rings. The van der Waals surface area contributed by atoms with Crippen molar-refractivity contribution in [3.63, 3.8) is 0 Å². The van der Waals surface area contributed by atoms with Crippen molar-refractivity contribution in [2.24, 2.45) is 0 Å². The zero-order valence-corrected chi connectivity index (χ0v) is 11.1. The Morgan fingerprint density at radius 1 is 1.11 bits per heavy atom. The molecule has 0 spiro atoms. The molecule has 0 radical (unpaired) electrons. The Morgan fingerprint density at radius 3 is 2.67 bits per heavy atom. The van der Waals surface area contributed by atoms with Crippen LogP contribution in [-0.4, -0.2) is 19.2 Å². The van der Waals surface area contributed by atoms with Crippen molar-refractivity contribution in [2.45, 2.75) is 26.3 Å². The lowest BCUT2D eigenvalue weighted by atomic mass is 10.1. The van der Waals surface area contributed by atoms with E-state index in [2.05, 4.69) is 55.6 Å². The molecule has 18 heavy (non-hydrogen) atoms. The van der Waals surface area contributed by atoms with Crippen LogP contribution in [-0.2, 0) is 0 Å². The monoisotopic (exact) mass is 243 g/mol. The molecule has 0 aliphatic heterocycles. The Labute approximate surface area is 109 Å². The normalized spacial score (nSPS) is 12.6. The summed E-state index contributed by atoms with van der Waals surface area (Å²) in [6, 6.07) is 15.1. The molecule has 1 unspecified atom stereocenters. The molecular formula is C16H21NO. The van der Waals surface area contributed by atoms with E-state index in [1.54, 1.807) is 0 Å². The average molecular weight is 243 g/mol. The molecule has 2 rings (SSSR count). The molecule has 0 amide bonds. The van der Waals surface area contributed by atoms with Gasteiger partial charge >= 0.3 is 0 Å². The first-order valence-corrected chi connectivity index (χ1v) is 6.64. The number of nitrogens with one attached hydrogen (secondary N) is 1. The first-order chi connectivity index (χ1) is 8.79. The van der Waals surface area contributed by atoms with Gasteiger partial charge in [-0.25, -0.2) is 0 Å². The maximum Gasteiger partial charge on any atom is 0.120 e. The van der Waals surface area contributed by atoms with E-state index >= 15 is 0 Å². The minimum atomic E-state index is 0.560. The van der Waals surface area contributed by atoms with Crippen molar-refractivity contribution >= 4 is 10.8 Å². The van der Waals surface area contributed by atoms with Gasteiger partial charge in [-0.2, -0.15) is 0 Å². The van der Waals surface area contributed by atoms with E-state index in [-0.39, 0.29) is 0 Å². The van der Waals surface area contributed by atoms with Crippen LogP contribution in [0.2, 0.25) is 0 Å². The minimum Gasteiger partial charge on any atom is -0.492 e. The summed E-state index contributed by atoms with van der Waals surface area (Å²) < 4.78 is 5.75. The highest BCUT2D eigenvalue weighted by molar-refractivity contribution is 5.83. The average Bonchev–Trinajstić information content (AvgIpc) is 2.43. The fraction of sp³-hybridized carbons (Fsp3) is 0.375. The van der Waals surface area contributed by atoms with E-state index in [0.29, 0.717) is 12.6 Å². The standard InChI is InChI=1S/C16H21NO/c1-3-13(2)17-10-11-18-16-9-8-14-6-4-5-7-15(14)12-16/h4-9,12-13,17H,3,10-11H2,1-2H3. The van der Waals surface area contributed by atoms with Gasteiger partial charge in [-0.3, -0.25) is 0 Å². The van der Waals surface area contributed by atoms with E-state index in [0.717, 1.165) is 18.7 Å². The van der Waals surface area contributed by atoms with Crippen LogP contribution in [0.5, 0.6) is 5.75 Å². The van der Waals surface area contributed by atoms with Crippen LogP contribution in [0.3, 0.4) is 0 Å². The minimum absolute atomic E-state index is 0.560. The van der Waals surface area contributed by atoms with Gasteiger partial charge in [0.1, 0.15) is 12.4 Å². The third kappa shape index (κ3) is 3.47. The SMILES string of the molecule is CCC(C)NCCOc1ccc2ccccc2c1. The molecular weight excluding hydrogens is 222 g/mol. The van der Waals surface area contributed by atoms with Crippen molar-refractivity contribution in [3.05, 3.63) is 42.5 Å². The van der Waals surface area contributed by atoms with Gasteiger partial charge in [0.05, 0.1) is 0 Å². The molecule has 0 fully saturated rings. The van der Waals surface area contributed by atoms with E-state index < -0.39 is 0 Å². The Kier molecular flexibility index (Phi) is 4.59. The van der Waals surface area contributed by atoms with Crippen LogP contribution in [0.1, 0.15) is 20.3 Å². The van der Waals surface area contributed by atoms with Crippen LogP contribution in [0.25, 0.3) is 10.8 Å². The third-order valence-corrected chi connectivity index (χ3v) is 3.20. The number of benzene rings is 2. The molecule has 0 aliphatic carbocycles. The molecule has 1 atom stereocenters. The third-order valence-electron chi connectivity index (χ3n) is 3.20. The quantitative estimate of drug-likeness (QED) is 0.783. The summed E-state index contributed by atoms with van der Waals surface area (Å²) in [5.41, 5.74) is 0. The first-order valence-electron chi connectivity index (χ1n) is 6.64. The van der Waals surface area contributed by atoms with Crippen LogP contribution >= 0.6 is 0 Å². The van der Waals surface area contributed by atoms with E-state index in [9.17, 15) is 0 Å². The summed E-state index contributed by atoms with van der Waals surface area (Å²) in [7, 11) is 0. The summed E-state index contributed by atoms with van der Waals surface area (Å²) in [4.78, 5) is 0. The lowest BCUT2D eigenvalue weighted by molar-refractivity contribution is 0.306. The fourth-order valence-electron chi connectivity index (χ4n) is 1.88. The highest BCUT2D eigenvalue weighted by Gasteiger charge is 1.98. The Balaban J connectivity index is 1.88. The van der Waals surface area contributed by atoms with Crippen LogP contribution in [0.15, 0.2) is 42.5 Å². The summed E-state index contributed by atoms with van der Waals surface area (Å²) >= 11 is 0. The van der Waals surface area contributed by atoms with Crippen molar-refractivity contribution in [2.75, 3.05) is 13.2 Å². The summed E-state index contributed by atoms with van der Waals surface area (Å²) in [6.45, 7) is 5.97. The predicted molar refractivity (Wildman–Crippen MR) is 77.2 cm³/mol.